The highest BCUT2D eigenvalue weighted by molar-refractivity contribution is 5.80. The Bertz CT molecular complexity index is 1220. The second-order valence-electron chi connectivity index (χ2n) is 8.81. The molecule has 3 heterocycles. The van der Waals surface area contributed by atoms with Gasteiger partial charge in [0, 0.05) is 25.5 Å². The molecule has 272 valence electrons. The van der Waals surface area contributed by atoms with Crippen molar-refractivity contribution < 1.29 is 13.2 Å². The van der Waals surface area contributed by atoms with Crippen LogP contribution in [0.25, 0.3) is 23.1 Å². The first-order valence-corrected chi connectivity index (χ1v) is 17.2. The lowest BCUT2D eigenvalue weighted by Gasteiger charge is -2.20. The highest BCUT2D eigenvalue weighted by Gasteiger charge is 2.39. The SMILES string of the molecule is C=CC(C)CN(C)Cc1c(C(F)(F)F)nc2n(/C=C/C)c3ncccc3n12.C=CC=C.CC.CC.CC.CC.CC.CCC=C(C)C. The molecule has 0 saturated heterocycles. The van der Waals surface area contributed by atoms with Crippen molar-refractivity contribution in [2.45, 2.75) is 123 Å². The third-order valence-electron chi connectivity index (χ3n) is 5.17. The topological polar surface area (TPSA) is 38.4 Å². The number of hydrogen-bond donors (Lipinski definition) is 0. The first kappa shape index (κ1) is 53.1. The number of rotatable bonds is 8. The lowest BCUT2D eigenvalue weighted by Crippen LogP contribution is -2.25. The molecule has 3 aromatic heterocycles. The summed E-state index contributed by atoms with van der Waals surface area (Å²) in [6.07, 6.45) is 8.93. The van der Waals surface area contributed by atoms with E-state index in [0.29, 0.717) is 17.7 Å². The van der Waals surface area contributed by atoms with Gasteiger partial charge in [0.1, 0.15) is 0 Å². The Morgan fingerprint density at radius 1 is 0.957 bits per heavy atom. The Balaban J connectivity index is -0.000000245. The highest BCUT2D eigenvalue weighted by Crippen LogP contribution is 2.35. The van der Waals surface area contributed by atoms with Gasteiger partial charge in [-0.15, -0.1) is 6.58 Å². The second kappa shape index (κ2) is 34.0. The van der Waals surface area contributed by atoms with Crippen molar-refractivity contribution in [2.75, 3.05) is 13.6 Å². The van der Waals surface area contributed by atoms with Crippen molar-refractivity contribution >= 4 is 23.1 Å². The Labute approximate surface area is 287 Å². The van der Waals surface area contributed by atoms with Gasteiger partial charge in [0.15, 0.2) is 11.3 Å². The molecule has 1 unspecified atom stereocenters. The minimum absolute atomic E-state index is 0.109. The van der Waals surface area contributed by atoms with E-state index in [0.717, 1.165) is 0 Å². The fourth-order valence-corrected chi connectivity index (χ4v) is 3.65. The maximum absolute atomic E-state index is 13.7. The van der Waals surface area contributed by atoms with Crippen LogP contribution in [0.3, 0.4) is 0 Å². The van der Waals surface area contributed by atoms with Crippen molar-refractivity contribution in [1.82, 2.24) is 23.8 Å². The van der Waals surface area contributed by atoms with Gasteiger partial charge in [-0.05, 0) is 52.3 Å². The van der Waals surface area contributed by atoms with E-state index in [9.17, 15) is 13.2 Å². The van der Waals surface area contributed by atoms with Crippen molar-refractivity contribution in [3.05, 3.63) is 85.4 Å². The van der Waals surface area contributed by atoms with E-state index in [-0.39, 0.29) is 23.9 Å². The maximum Gasteiger partial charge on any atom is 0.435 e. The molecule has 0 radical (unpaired) electrons. The Morgan fingerprint density at radius 2 is 1.47 bits per heavy atom. The van der Waals surface area contributed by atoms with E-state index in [4.69, 9.17) is 0 Å². The van der Waals surface area contributed by atoms with Crippen LogP contribution in [0.4, 0.5) is 13.2 Å². The summed E-state index contributed by atoms with van der Waals surface area (Å²) < 4.78 is 44.3. The van der Waals surface area contributed by atoms with Gasteiger partial charge in [-0.3, -0.25) is 13.9 Å². The van der Waals surface area contributed by atoms with Gasteiger partial charge in [0.05, 0.1) is 11.2 Å². The molecule has 0 aliphatic carbocycles. The summed E-state index contributed by atoms with van der Waals surface area (Å²) in [5.74, 6) is 0.369. The summed E-state index contributed by atoms with van der Waals surface area (Å²) in [6.45, 7) is 41.3. The number of fused-ring (bicyclic) bond motifs is 3. The monoisotopic (exact) mass is 666 g/mol. The highest BCUT2D eigenvalue weighted by atomic mass is 19.4. The van der Waals surface area contributed by atoms with Crippen LogP contribution < -0.4 is 0 Å². The molecule has 0 amide bonds. The summed E-state index contributed by atoms with van der Waals surface area (Å²) in [7, 11) is 1.79. The molecule has 47 heavy (non-hydrogen) atoms. The molecule has 0 saturated carbocycles. The molecule has 1 atom stereocenters. The maximum atomic E-state index is 13.7. The largest absolute Gasteiger partial charge is 0.435 e. The fraction of sp³-hybridized carbons (Fsp3) is 0.538. The predicted octanol–water partition coefficient (Wildman–Crippen LogP) is 13.3. The minimum atomic E-state index is -4.54. The van der Waals surface area contributed by atoms with Crippen molar-refractivity contribution in [3.8, 4) is 0 Å². The first-order valence-electron chi connectivity index (χ1n) is 17.2. The molecule has 0 N–H and O–H groups in total. The summed E-state index contributed by atoms with van der Waals surface area (Å²) in [4.78, 5) is 10.1. The molecule has 0 bridgehead atoms. The molecular weight excluding hydrogens is 595 g/mol. The van der Waals surface area contributed by atoms with Gasteiger partial charge in [-0.1, -0.05) is 132 Å². The van der Waals surface area contributed by atoms with E-state index < -0.39 is 11.9 Å². The average Bonchev–Trinajstić information content (AvgIpc) is 3.61. The van der Waals surface area contributed by atoms with Crippen molar-refractivity contribution in [1.29, 1.82) is 0 Å². The third-order valence-corrected chi connectivity index (χ3v) is 5.17. The third kappa shape index (κ3) is 20.5. The number of halogens is 3. The Kier molecular flexibility index (Phi) is 38.4. The molecule has 0 aliphatic heterocycles. The lowest BCUT2D eigenvalue weighted by molar-refractivity contribution is -0.141. The molecule has 3 aromatic rings. The zero-order valence-corrected chi connectivity index (χ0v) is 32.9. The molecule has 8 heteroatoms. The Morgan fingerprint density at radius 3 is 1.83 bits per heavy atom. The van der Waals surface area contributed by atoms with Crippen LogP contribution in [0.2, 0.25) is 0 Å². The molecule has 5 nitrogen and oxygen atoms in total. The van der Waals surface area contributed by atoms with Crippen molar-refractivity contribution in [2.24, 2.45) is 5.92 Å². The van der Waals surface area contributed by atoms with Crippen LogP contribution in [-0.2, 0) is 12.7 Å². The van der Waals surface area contributed by atoms with Gasteiger partial charge in [0.2, 0.25) is 5.78 Å². The second-order valence-corrected chi connectivity index (χ2v) is 8.81. The predicted molar refractivity (Wildman–Crippen MR) is 207 cm³/mol. The molecule has 3 rings (SSSR count). The molecule has 0 spiro atoms. The quantitative estimate of drug-likeness (QED) is 0.177. The standard InChI is InChI=1S/C19H22F3N5.C6H12.C4H6.5C2H6/c1-5-10-26-17-14(8-7-9-23-17)27-15(12-25(4)11-13(3)6-2)16(19(20,21)22)24-18(26)27;1-4-5-6(2)3;1-3-4-2;5*1-2/h5-10,13H,2,11-12H2,1,3-4H3;5H,4H2,1-3H3;3-4H,1-2H2;5*1-2H3/b10-5+;;;;;;;. The van der Waals surface area contributed by atoms with Gasteiger partial charge in [0.25, 0.3) is 0 Å². The molecule has 0 fully saturated rings. The number of allylic oxidation sites excluding steroid dienone is 5. The number of alkyl halides is 3. The summed E-state index contributed by atoms with van der Waals surface area (Å²) >= 11 is 0. The van der Waals surface area contributed by atoms with Gasteiger partial charge in [-0.2, -0.15) is 13.2 Å². The van der Waals surface area contributed by atoms with E-state index in [1.165, 1.54) is 12.0 Å². The van der Waals surface area contributed by atoms with E-state index in [2.05, 4.69) is 56.6 Å². The van der Waals surface area contributed by atoms with Crippen LogP contribution in [0.1, 0.15) is 122 Å². The molecule has 0 aliphatic rings. The number of aromatic nitrogens is 4. The van der Waals surface area contributed by atoms with E-state index in [1.54, 1.807) is 71.8 Å². The summed E-state index contributed by atoms with van der Waals surface area (Å²) in [5, 5.41) is 0. The van der Waals surface area contributed by atoms with Crippen LogP contribution in [-0.4, -0.2) is 37.4 Å². The van der Waals surface area contributed by atoms with Gasteiger partial charge in [-0.25, -0.2) is 9.97 Å². The number of nitrogens with zero attached hydrogens (tertiary/aromatic N) is 5. The molecular formula is C39H70F3N5. The van der Waals surface area contributed by atoms with Crippen LogP contribution in [0.5, 0.6) is 0 Å². The average molecular weight is 666 g/mol. The van der Waals surface area contributed by atoms with E-state index >= 15 is 0 Å². The molecule has 0 aromatic carbocycles. The lowest BCUT2D eigenvalue weighted by atomic mass is 10.1. The number of imidazole rings is 2. The minimum Gasteiger partial charge on any atom is -0.300 e. The zero-order chi connectivity index (χ0) is 38.2. The number of hydrogen-bond acceptors (Lipinski definition) is 3. The van der Waals surface area contributed by atoms with Gasteiger partial charge < -0.3 is 0 Å². The smallest absolute Gasteiger partial charge is 0.300 e. The number of pyridine rings is 1. The van der Waals surface area contributed by atoms with Crippen LogP contribution >= 0.6 is 0 Å². The van der Waals surface area contributed by atoms with Crippen LogP contribution in [0.15, 0.2) is 74.0 Å². The first-order chi connectivity index (χ1) is 22.5. The summed E-state index contributed by atoms with van der Waals surface area (Å²) in [5.41, 5.74) is 1.82. The zero-order valence-electron chi connectivity index (χ0n) is 32.9. The van der Waals surface area contributed by atoms with Crippen LogP contribution in [0, 0.1) is 5.92 Å². The van der Waals surface area contributed by atoms with Gasteiger partial charge >= 0.3 is 6.18 Å². The normalized spacial score (nSPS) is 10.1. The fourth-order valence-electron chi connectivity index (χ4n) is 3.65. The van der Waals surface area contributed by atoms with Crippen molar-refractivity contribution in [3.63, 3.8) is 0 Å². The summed E-state index contributed by atoms with van der Waals surface area (Å²) in [6, 6.07) is 3.47. The van der Waals surface area contributed by atoms with E-state index in [1.807, 2.05) is 81.1 Å². The Hall–Kier alpha value is -3.39.